The van der Waals surface area contributed by atoms with Gasteiger partial charge < -0.3 is 9.47 Å². The number of carbonyl (C=O) groups excluding carboxylic acids is 1. The van der Waals surface area contributed by atoms with Crippen LogP contribution in [0.4, 0.5) is 0 Å². The average Bonchev–Trinajstić information content (AvgIpc) is 2.98. The Kier molecular flexibility index (Phi) is 5.41. The van der Waals surface area contributed by atoms with E-state index in [1.807, 2.05) is 0 Å². The molecule has 0 aromatic rings. The lowest BCUT2D eigenvalue weighted by molar-refractivity contribution is -0.140. The number of ether oxygens (including phenoxy) is 2. The summed E-state index contributed by atoms with van der Waals surface area (Å²) in [5.74, 6) is 2.92. The fourth-order valence-electron chi connectivity index (χ4n) is 3.58. The zero-order valence-corrected chi connectivity index (χ0v) is 12.6. The second-order valence-corrected chi connectivity index (χ2v) is 6.20. The van der Waals surface area contributed by atoms with Gasteiger partial charge in [0.2, 0.25) is 0 Å². The Bertz CT molecular complexity index is 386. The number of hydrogen-bond acceptors (Lipinski definition) is 3. The largest absolute Gasteiger partial charge is 0.460 e. The second-order valence-electron chi connectivity index (χ2n) is 6.20. The Morgan fingerprint density at radius 1 is 1.35 bits per heavy atom. The third kappa shape index (κ3) is 3.72. The van der Waals surface area contributed by atoms with Gasteiger partial charge in [0.15, 0.2) is 0 Å². The predicted octanol–water partition coefficient (Wildman–Crippen LogP) is 3.36. The molecule has 2 aliphatic rings. The highest BCUT2D eigenvalue weighted by atomic mass is 16.6. The molecule has 0 heterocycles. The van der Waals surface area contributed by atoms with Gasteiger partial charge in [-0.05, 0) is 49.9 Å². The van der Waals surface area contributed by atoms with Crippen LogP contribution in [0.2, 0.25) is 0 Å². The smallest absolute Gasteiger partial charge is 0.333 e. The van der Waals surface area contributed by atoms with E-state index in [0.29, 0.717) is 18.8 Å². The summed E-state index contributed by atoms with van der Waals surface area (Å²) in [6.07, 6.45) is 8.46. The van der Waals surface area contributed by atoms with Crippen molar-refractivity contribution < 1.29 is 14.3 Å². The van der Waals surface area contributed by atoms with Gasteiger partial charge in [-0.2, -0.15) is 0 Å². The Balaban J connectivity index is 1.57. The van der Waals surface area contributed by atoms with Crippen LogP contribution in [0.5, 0.6) is 0 Å². The Morgan fingerprint density at radius 2 is 2.15 bits per heavy atom. The van der Waals surface area contributed by atoms with Gasteiger partial charge in [-0.25, -0.2) is 4.79 Å². The normalized spacial score (nSPS) is 31.3. The topological polar surface area (TPSA) is 35.5 Å². The maximum absolute atomic E-state index is 11.2. The predicted molar refractivity (Wildman–Crippen MR) is 79.2 cm³/mol. The van der Waals surface area contributed by atoms with Crippen molar-refractivity contribution in [2.24, 2.45) is 23.7 Å². The van der Waals surface area contributed by atoms with Crippen LogP contribution in [0, 0.1) is 23.7 Å². The minimum Gasteiger partial charge on any atom is -0.460 e. The van der Waals surface area contributed by atoms with Crippen molar-refractivity contribution in [3.8, 4) is 0 Å². The molecule has 0 amide bonds. The van der Waals surface area contributed by atoms with Gasteiger partial charge in [-0.1, -0.05) is 25.7 Å². The highest BCUT2D eigenvalue weighted by Crippen LogP contribution is 2.48. The van der Waals surface area contributed by atoms with Crippen molar-refractivity contribution in [2.75, 3.05) is 19.8 Å². The van der Waals surface area contributed by atoms with Crippen molar-refractivity contribution in [3.63, 3.8) is 0 Å². The van der Waals surface area contributed by atoms with Gasteiger partial charge in [0.25, 0.3) is 0 Å². The molecule has 1 fully saturated rings. The molecule has 0 aliphatic heterocycles. The monoisotopic (exact) mass is 278 g/mol. The van der Waals surface area contributed by atoms with Crippen LogP contribution in [0.3, 0.4) is 0 Å². The summed E-state index contributed by atoms with van der Waals surface area (Å²) in [6.45, 7) is 9.12. The zero-order valence-electron chi connectivity index (χ0n) is 12.6. The van der Waals surface area contributed by atoms with Gasteiger partial charge in [-0.15, -0.1) is 0 Å². The van der Waals surface area contributed by atoms with Crippen LogP contribution >= 0.6 is 0 Å². The number of rotatable bonds is 7. The molecule has 4 unspecified atom stereocenters. The van der Waals surface area contributed by atoms with E-state index in [1.165, 1.54) is 12.8 Å². The fraction of sp³-hybridized carbons (Fsp3) is 0.706. The van der Waals surface area contributed by atoms with E-state index in [9.17, 15) is 4.79 Å². The first-order chi connectivity index (χ1) is 9.59. The summed E-state index contributed by atoms with van der Waals surface area (Å²) in [6, 6.07) is 0. The van der Waals surface area contributed by atoms with E-state index >= 15 is 0 Å². The van der Waals surface area contributed by atoms with Gasteiger partial charge >= 0.3 is 5.97 Å². The molecule has 0 spiro atoms. The average molecular weight is 278 g/mol. The van der Waals surface area contributed by atoms with Crippen LogP contribution in [-0.4, -0.2) is 25.8 Å². The Hall–Kier alpha value is -1.09. The number of esters is 1. The maximum Gasteiger partial charge on any atom is 0.333 e. The van der Waals surface area contributed by atoms with Crippen LogP contribution in [0.25, 0.3) is 0 Å². The molecule has 2 rings (SSSR count). The van der Waals surface area contributed by atoms with Gasteiger partial charge in [0, 0.05) is 12.2 Å². The molecule has 3 nitrogen and oxygen atoms in total. The molecule has 20 heavy (non-hydrogen) atoms. The molecular weight excluding hydrogens is 252 g/mol. The number of carbonyl (C=O) groups is 1. The summed E-state index contributed by atoms with van der Waals surface area (Å²) >= 11 is 0. The molecule has 2 aliphatic carbocycles. The highest BCUT2D eigenvalue weighted by molar-refractivity contribution is 5.86. The van der Waals surface area contributed by atoms with Crippen molar-refractivity contribution in [3.05, 3.63) is 24.3 Å². The van der Waals surface area contributed by atoms with Crippen LogP contribution < -0.4 is 0 Å². The molecule has 0 aromatic carbocycles. The minimum absolute atomic E-state index is 0.318. The van der Waals surface area contributed by atoms with E-state index in [1.54, 1.807) is 6.92 Å². The molecule has 1 saturated carbocycles. The zero-order chi connectivity index (χ0) is 14.5. The first-order valence-corrected chi connectivity index (χ1v) is 7.66. The summed E-state index contributed by atoms with van der Waals surface area (Å²) < 4.78 is 10.6. The Morgan fingerprint density at radius 3 is 2.90 bits per heavy atom. The summed E-state index contributed by atoms with van der Waals surface area (Å²) in [4.78, 5) is 11.2. The number of allylic oxidation sites excluding steroid dienone is 2. The number of fused-ring (bicyclic) bond motifs is 1. The van der Waals surface area contributed by atoms with E-state index in [4.69, 9.17) is 9.47 Å². The van der Waals surface area contributed by atoms with E-state index in [-0.39, 0.29) is 5.97 Å². The van der Waals surface area contributed by atoms with Crippen molar-refractivity contribution in [1.29, 1.82) is 0 Å². The third-order valence-corrected chi connectivity index (χ3v) is 4.65. The van der Waals surface area contributed by atoms with E-state index in [2.05, 4.69) is 25.7 Å². The lowest BCUT2D eigenvalue weighted by Crippen LogP contribution is -2.14. The first kappa shape index (κ1) is 15.3. The molecule has 0 radical (unpaired) electrons. The summed E-state index contributed by atoms with van der Waals surface area (Å²) in [5.41, 5.74) is 0.434. The second kappa shape index (κ2) is 7.07. The maximum atomic E-state index is 11.2. The molecular formula is C17H26O3. The molecule has 3 heteroatoms. The standard InChI is InChI=1S/C17H26O3/c1-12(2)17(18)20-10-9-19-8-7-14-11-13(3)15-5-4-6-16(14)15/h4,6,13-16H,1,5,7-11H2,2-3H3. The van der Waals surface area contributed by atoms with Crippen LogP contribution in [0.15, 0.2) is 24.3 Å². The Labute approximate surface area is 122 Å². The van der Waals surface area contributed by atoms with E-state index in [0.717, 1.165) is 36.7 Å². The molecule has 0 aromatic heterocycles. The minimum atomic E-state index is -0.336. The summed E-state index contributed by atoms with van der Waals surface area (Å²) in [5, 5.41) is 0. The summed E-state index contributed by atoms with van der Waals surface area (Å²) in [7, 11) is 0. The quantitative estimate of drug-likeness (QED) is 0.310. The fourth-order valence-corrected chi connectivity index (χ4v) is 3.58. The molecule has 4 atom stereocenters. The van der Waals surface area contributed by atoms with Crippen molar-refractivity contribution in [2.45, 2.75) is 33.1 Å². The van der Waals surface area contributed by atoms with Crippen LogP contribution in [0.1, 0.15) is 33.1 Å². The third-order valence-electron chi connectivity index (χ3n) is 4.65. The van der Waals surface area contributed by atoms with Gasteiger partial charge in [-0.3, -0.25) is 0 Å². The van der Waals surface area contributed by atoms with Crippen molar-refractivity contribution in [1.82, 2.24) is 0 Å². The number of hydrogen-bond donors (Lipinski definition) is 0. The van der Waals surface area contributed by atoms with Gasteiger partial charge in [0.05, 0.1) is 6.61 Å². The molecule has 112 valence electrons. The molecule has 0 saturated heterocycles. The van der Waals surface area contributed by atoms with Gasteiger partial charge in [0.1, 0.15) is 6.61 Å². The molecule has 0 N–H and O–H groups in total. The SMILES string of the molecule is C=C(C)C(=O)OCCOCCC1CC(C)C2CC=CC12. The van der Waals surface area contributed by atoms with Crippen molar-refractivity contribution >= 4 is 5.97 Å². The highest BCUT2D eigenvalue weighted by Gasteiger charge is 2.40. The lowest BCUT2D eigenvalue weighted by Gasteiger charge is -2.17. The molecule has 0 bridgehead atoms. The lowest BCUT2D eigenvalue weighted by atomic mass is 9.89. The van der Waals surface area contributed by atoms with Crippen LogP contribution in [-0.2, 0) is 14.3 Å². The first-order valence-electron chi connectivity index (χ1n) is 7.66. The van der Waals surface area contributed by atoms with E-state index < -0.39 is 0 Å².